The Balaban J connectivity index is 1.53. The van der Waals surface area contributed by atoms with E-state index in [2.05, 4.69) is 0 Å². The number of aryl methyl sites for hydroxylation is 1. The molecule has 0 radical (unpaired) electrons. The van der Waals surface area contributed by atoms with E-state index in [1.165, 1.54) is 25.7 Å². The lowest BCUT2D eigenvalue weighted by molar-refractivity contribution is -0.0357. The second kappa shape index (κ2) is 8.02. The molecule has 4 nitrogen and oxygen atoms in total. The van der Waals surface area contributed by atoms with Crippen LogP contribution in [0.3, 0.4) is 0 Å². The van der Waals surface area contributed by atoms with Crippen LogP contribution in [0, 0.1) is 6.92 Å². The predicted octanol–water partition coefficient (Wildman–Crippen LogP) is 3.96. The van der Waals surface area contributed by atoms with Crippen molar-refractivity contribution in [2.24, 2.45) is 0 Å². The van der Waals surface area contributed by atoms with Crippen molar-refractivity contribution in [3.8, 4) is 5.75 Å². The molecule has 1 saturated carbocycles. The summed E-state index contributed by atoms with van der Waals surface area (Å²) in [6.45, 7) is 6.19. The Morgan fingerprint density at radius 1 is 1.12 bits per heavy atom. The molecule has 3 rings (SSSR count). The fourth-order valence-electron chi connectivity index (χ4n) is 3.77. The maximum atomic E-state index is 12.7. The third-order valence-corrected chi connectivity index (χ3v) is 5.14. The van der Waals surface area contributed by atoms with E-state index in [-0.39, 0.29) is 5.91 Å². The highest BCUT2D eigenvalue weighted by molar-refractivity contribution is 5.94. The normalized spacial score (nSPS) is 19.7. The summed E-state index contributed by atoms with van der Waals surface area (Å²) in [5, 5.41) is 0. The fraction of sp³-hybridized carbons (Fsp3) is 0.650. The molecule has 1 aliphatic heterocycles. The van der Waals surface area contributed by atoms with Gasteiger partial charge in [0.05, 0.1) is 18.8 Å². The predicted molar refractivity (Wildman–Crippen MR) is 94.6 cm³/mol. The lowest BCUT2D eigenvalue weighted by Gasteiger charge is -2.33. The minimum absolute atomic E-state index is 0.125. The lowest BCUT2D eigenvalue weighted by Crippen LogP contribution is -2.41. The molecule has 4 heteroatoms. The van der Waals surface area contributed by atoms with Crippen molar-refractivity contribution in [3.63, 3.8) is 0 Å². The third kappa shape index (κ3) is 4.10. The molecule has 1 heterocycles. The Bertz CT molecular complexity index is 558. The molecule has 1 amide bonds. The standard InChI is InChI=1S/C20H29NO3/c1-3-23-19-9-8-16(14-15(19)2)20(22)21-12-10-18(11-13-21)24-17-6-4-5-7-17/h8-9,14,17-18H,3-7,10-13H2,1-2H3. The summed E-state index contributed by atoms with van der Waals surface area (Å²) in [5.74, 6) is 0.984. The number of benzene rings is 1. The van der Waals surface area contributed by atoms with Crippen molar-refractivity contribution in [2.45, 2.75) is 64.6 Å². The first-order chi connectivity index (χ1) is 11.7. The van der Waals surface area contributed by atoms with Gasteiger partial charge >= 0.3 is 0 Å². The molecule has 0 spiro atoms. The largest absolute Gasteiger partial charge is 0.494 e. The summed E-state index contributed by atoms with van der Waals surface area (Å²) in [4.78, 5) is 14.7. The molecule has 1 aromatic carbocycles. The Morgan fingerprint density at radius 3 is 2.42 bits per heavy atom. The highest BCUT2D eigenvalue weighted by atomic mass is 16.5. The van der Waals surface area contributed by atoms with Crippen molar-refractivity contribution in [2.75, 3.05) is 19.7 Å². The number of ether oxygens (including phenoxy) is 2. The number of hydrogen-bond donors (Lipinski definition) is 0. The Hall–Kier alpha value is -1.55. The molecule has 0 N–H and O–H groups in total. The molecule has 2 aliphatic rings. The van der Waals surface area contributed by atoms with Gasteiger partial charge in [-0.25, -0.2) is 0 Å². The van der Waals surface area contributed by atoms with Gasteiger partial charge in [-0.3, -0.25) is 4.79 Å². The van der Waals surface area contributed by atoms with Gasteiger partial charge in [0, 0.05) is 18.7 Å². The van der Waals surface area contributed by atoms with E-state index in [1.54, 1.807) is 0 Å². The number of hydrogen-bond acceptors (Lipinski definition) is 3. The van der Waals surface area contributed by atoms with Gasteiger partial charge in [-0.2, -0.15) is 0 Å². The topological polar surface area (TPSA) is 38.8 Å². The van der Waals surface area contributed by atoms with Gasteiger partial charge in [-0.05, 0) is 63.3 Å². The lowest BCUT2D eigenvalue weighted by atomic mass is 10.0. The summed E-state index contributed by atoms with van der Waals surface area (Å²) >= 11 is 0. The van der Waals surface area contributed by atoms with Crippen molar-refractivity contribution < 1.29 is 14.3 Å². The van der Waals surface area contributed by atoms with Gasteiger partial charge < -0.3 is 14.4 Å². The maximum absolute atomic E-state index is 12.7. The van der Waals surface area contributed by atoms with E-state index in [1.807, 2.05) is 36.9 Å². The van der Waals surface area contributed by atoms with Gasteiger partial charge in [0.25, 0.3) is 5.91 Å². The van der Waals surface area contributed by atoms with Gasteiger partial charge in [0.1, 0.15) is 5.75 Å². The average molecular weight is 331 g/mol. The highest BCUT2D eigenvalue weighted by Crippen LogP contribution is 2.26. The summed E-state index contributed by atoms with van der Waals surface area (Å²) in [7, 11) is 0. The molecule has 132 valence electrons. The van der Waals surface area contributed by atoms with E-state index >= 15 is 0 Å². The van der Waals surface area contributed by atoms with Crippen LogP contribution in [0.15, 0.2) is 18.2 Å². The quantitative estimate of drug-likeness (QED) is 0.820. The van der Waals surface area contributed by atoms with Crippen LogP contribution in [0.1, 0.15) is 61.4 Å². The Morgan fingerprint density at radius 2 is 1.79 bits per heavy atom. The summed E-state index contributed by atoms with van der Waals surface area (Å²) in [5.41, 5.74) is 1.77. The summed E-state index contributed by atoms with van der Waals surface area (Å²) in [6, 6.07) is 5.72. The second-order valence-corrected chi connectivity index (χ2v) is 6.95. The molecule has 2 fully saturated rings. The monoisotopic (exact) mass is 331 g/mol. The molecule has 1 saturated heterocycles. The van der Waals surface area contributed by atoms with Crippen LogP contribution < -0.4 is 4.74 Å². The first-order valence-electron chi connectivity index (χ1n) is 9.35. The zero-order valence-corrected chi connectivity index (χ0v) is 14.9. The van der Waals surface area contributed by atoms with Crippen molar-refractivity contribution in [1.29, 1.82) is 0 Å². The Kier molecular flexibility index (Phi) is 5.77. The molecule has 0 atom stereocenters. The number of rotatable bonds is 5. The molecule has 0 aromatic heterocycles. The zero-order valence-electron chi connectivity index (χ0n) is 14.9. The van der Waals surface area contributed by atoms with Crippen LogP contribution in [0.2, 0.25) is 0 Å². The van der Waals surface area contributed by atoms with E-state index in [9.17, 15) is 4.79 Å². The second-order valence-electron chi connectivity index (χ2n) is 6.95. The third-order valence-electron chi connectivity index (χ3n) is 5.14. The van der Waals surface area contributed by atoms with E-state index in [0.717, 1.165) is 42.8 Å². The van der Waals surface area contributed by atoms with Gasteiger partial charge in [-0.15, -0.1) is 0 Å². The van der Waals surface area contributed by atoms with Gasteiger partial charge in [0.15, 0.2) is 0 Å². The molecular weight excluding hydrogens is 302 g/mol. The molecule has 1 aliphatic carbocycles. The summed E-state index contributed by atoms with van der Waals surface area (Å²) < 4.78 is 11.7. The molecule has 0 bridgehead atoms. The Labute approximate surface area is 145 Å². The minimum Gasteiger partial charge on any atom is -0.494 e. The van der Waals surface area contributed by atoms with Crippen molar-refractivity contribution >= 4 is 5.91 Å². The molecule has 0 unspecified atom stereocenters. The van der Waals surface area contributed by atoms with Crippen LogP contribution >= 0.6 is 0 Å². The number of likely N-dealkylation sites (tertiary alicyclic amines) is 1. The van der Waals surface area contributed by atoms with E-state index in [0.29, 0.717) is 18.8 Å². The average Bonchev–Trinajstić information content (AvgIpc) is 3.10. The number of carbonyl (C=O) groups excluding carboxylic acids is 1. The van der Waals surface area contributed by atoms with Crippen molar-refractivity contribution in [1.82, 2.24) is 4.90 Å². The fourth-order valence-corrected chi connectivity index (χ4v) is 3.77. The molecule has 1 aromatic rings. The minimum atomic E-state index is 0.125. The van der Waals surface area contributed by atoms with E-state index in [4.69, 9.17) is 9.47 Å². The van der Waals surface area contributed by atoms with Crippen LogP contribution in [0.4, 0.5) is 0 Å². The van der Waals surface area contributed by atoms with Gasteiger partial charge in [0.2, 0.25) is 0 Å². The number of nitrogens with zero attached hydrogens (tertiary/aromatic N) is 1. The van der Waals surface area contributed by atoms with Crippen LogP contribution in [-0.4, -0.2) is 42.7 Å². The SMILES string of the molecule is CCOc1ccc(C(=O)N2CCC(OC3CCCC3)CC2)cc1C. The number of carbonyl (C=O) groups is 1. The zero-order chi connectivity index (χ0) is 16.9. The number of piperidine rings is 1. The first-order valence-corrected chi connectivity index (χ1v) is 9.35. The van der Waals surface area contributed by atoms with Crippen molar-refractivity contribution in [3.05, 3.63) is 29.3 Å². The maximum Gasteiger partial charge on any atom is 0.253 e. The van der Waals surface area contributed by atoms with Gasteiger partial charge in [-0.1, -0.05) is 12.8 Å². The number of amides is 1. The molecular formula is C20H29NO3. The smallest absolute Gasteiger partial charge is 0.253 e. The first kappa shape index (κ1) is 17.3. The van der Waals surface area contributed by atoms with Crippen LogP contribution in [-0.2, 0) is 4.74 Å². The highest BCUT2D eigenvalue weighted by Gasteiger charge is 2.27. The van der Waals surface area contributed by atoms with Crippen LogP contribution in [0.5, 0.6) is 5.75 Å². The summed E-state index contributed by atoms with van der Waals surface area (Å²) in [6.07, 6.45) is 7.74. The van der Waals surface area contributed by atoms with E-state index < -0.39 is 0 Å². The van der Waals surface area contributed by atoms with Crippen LogP contribution in [0.25, 0.3) is 0 Å². The molecule has 24 heavy (non-hydrogen) atoms.